The molecule has 0 fully saturated rings. The minimum absolute atomic E-state index is 0.245. The highest BCUT2D eigenvalue weighted by molar-refractivity contribution is 5.33. The minimum atomic E-state index is 0.245. The van der Waals surface area contributed by atoms with Crippen LogP contribution in [0.5, 0.6) is 0 Å². The number of hydrogen-bond acceptors (Lipinski definition) is 2. The van der Waals surface area contributed by atoms with Gasteiger partial charge in [0.05, 0.1) is 6.61 Å². The first-order valence-electron chi connectivity index (χ1n) is 6.57. The van der Waals surface area contributed by atoms with Crippen molar-refractivity contribution in [1.29, 1.82) is 0 Å². The Hall–Kier alpha value is -0.860. The number of aliphatic hydroxyl groups is 1. The van der Waals surface area contributed by atoms with Gasteiger partial charge in [-0.25, -0.2) is 0 Å². The SMILES string of the molecule is CCCCN(CCO)Cc1c(C)cccc1C. The first-order chi connectivity index (χ1) is 8.19. The molecular weight excluding hydrogens is 210 g/mol. The van der Waals surface area contributed by atoms with E-state index in [2.05, 4.69) is 43.9 Å². The number of aryl methyl sites for hydroxylation is 2. The highest BCUT2D eigenvalue weighted by Gasteiger charge is 2.08. The monoisotopic (exact) mass is 235 g/mol. The molecule has 0 bridgehead atoms. The molecule has 0 aliphatic rings. The Kier molecular flexibility index (Phi) is 6.23. The van der Waals surface area contributed by atoms with Gasteiger partial charge in [0.25, 0.3) is 0 Å². The molecule has 0 saturated heterocycles. The van der Waals surface area contributed by atoms with Crippen LogP contribution in [-0.4, -0.2) is 29.7 Å². The fraction of sp³-hybridized carbons (Fsp3) is 0.600. The molecule has 1 aromatic rings. The molecule has 1 N–H and O–H groups in total. The Morgan fingerprint density at radius 1 is 1.12 bits per heavy atom. The molecule has 0 radical (unpaired) electrons. The number of nitrogens with zero attached hydrogens (tertiary/aromatic N) is 1. The van der Waals surface area contributed by atoms with Gasteiger partial charge >= 0.3 is 0 Å². The molecule has 0 aliphatic heterocycles. The maximum absolute atomic E-state index is 9.11. The molecule has 17 heavy (non-hydrogen) atoms. The summed E-state index contributed by atoms with van der Waals surface area (Å²) in [7, 11) is 0. The maximum atomic E-state index is 9.11. The summed E-state index contributed by atoms with van der Waals surface area (Å²) in [5.41, 5.74) is 4.12. The molecule has 0 heterocycles. The van der Waals surface area contributed by atoms with Crippen molar-refractivity contribution < 1.29 is 5.11 Å². The van der Waals surface area contributed by atoms with Gasteiger partial charge in [-0.05, 0) is 43.5 Å². The van der Waals surface area contributed by atoms with Crippen molar-refractivity contribution >= 4 is 0 Å². The zero-order chi connectivity index (χ0) is 12.7. The average Bonchev–Trinajstić information content (AvgIpc) is 2.31. The summed E-state index contributed by atoms with van der Waals surface area (Å²) >= 11 is 0. The molecule has 96 valence electrons. The molecule has 0 saturated carbocycles. The number of hydrogen-bond donors (Lipinski definition) is 1. The van der Waals surface area contributed by atoms with Crippen LogP contribution in [0.2, 0.25) is 0 Å². The van der Waals surface area contributed by atoms with E-state index in [9.17, 15) is 0 Å². The van der Waals surface area contributed by atoms with Gasteiger partial charge in [0.15, 0.2) is 0 Å². The van der Waals surface area contributed by atoms with E-state index < -0.39 is 0 Å². The van der Waals surface area contributed by atoms with E-state index in [1.807, 2.05) is 0 Å². The van der Waals surface area contributed by atoms with Gasteiger partial charge in [-0.15, -0.1) is 0 Å². The maximum Gasteiger partial charge on any atom is 0.0558 e. The molecular formula is C15H25NO. The average molecular weight is 235 g/mol. The Bertz CT molecular complexity index is 315. The van der Waals surface area contributed by atoms with Crippen molar-refractivity contribution in [2.75, 3.05) is 19.7 Å². The standard InChI is InChI=1S/C15H25NO/c1-4-5-9-16(10-11-17)12-15-13(2)7-6-8-14(15)3/h6-8,17H,4-5,9-12H2,1-3H3. The summed E-state index contributed by atoms with van der Waals surface area (Å²) in [6, 6.07) is 6.44. The van der Waals surface area contributed by atoms with Gasteiger partial charge in [-0.2, -0.15) is 0 Å². The lowest BCUT2D eigenvalue weighted by molar-refractivity contribution is 0.188. The highest BCUT2D eigenvalue weighted by Crippen LogP contribution is 2.16. The van der Waals surface area contributed by atoms with Crippen molar-refractivity contribution in [2.24, 2.45) is 0 Å². The first kappa shape index (κ1) is 14.2. The van der Waals surface area contributed by atoms with Gasteiger partial charge in [0, 0.05) is 13.1 Å². The van der Waals surface area contributed by atoms with Crippen molar-refractivity contribution in [3.05, 3.63) is 34.9 Å². The number of rotatable bonds is 7. The van der Waals surface area contributed by atoms with Crippen molar-refractivity contribution in [3.8, 4) is 0 Å². The van der Waals surface area contributed by atoms with Crippen molar-refractivity contribution in [1.82, 2.24) is 4.90 Å². The van der Waals surface area contributed by atoms with Gasteiger partial charge in [0.1, 0.15) is 0 Å². The Balaban J connectivity index is 2.70. The van der Waals surface area contributed by atoms with E-state index in [0.29, 0.717) is 0 Å². The largest absolute Gasteiger partial charge is 0.395 e. The van der Waals surface area contributed by atoms with Crippen LogP contribution in [0.4, 0.5) is 0 Å². The van der Waals surface area contributed by atoms with E-state index >= 15 is 0 Å². The van der Waals surface area contributed by atoms with E-state index in [0.717, 1.165) is 19.6 Å². The second kappa shape index (κ2) is 7.46. The van der Waals surface area contributed by atoms with Crippen molar-refractivity contribution in [2.45, 2.75) is 40.2 Å². The Morgan fingerprint density at radius 3 is 2.29 bits per heavy atom. The van der Waals surface area contributed by atoms with E-state index in [4.69, 9.17) is 5.11 Å². The second-order valence-corrected chi connectivity index (χ2v) is 4.72. The van der Waals surface area contributed by atoms with Gasteiger partial charge in [-0.1, -0.05) is 31.5 Å². The predicted octanol–water partition coefficient (Wildman–Crippen LogP) is 2.90. The molecule has 0 amide bonds. The van der Waals surface area contributed by atoms with Crippen molar-refractivity contribution in [3.63, 3.8) is 0 Å². The van der Waals surface area contributed by atoms with Crippen LogP contribution in [0, 0.1) is 13.8 Å². The van der Waals surface area contributed by atoms with Crippen LogP contribution >= 0.6 is 0 Å². The first-order valence-corrected chi connectivity index (χ1v) is 6.57. The third-order valence-corrected chi connectivity index (χ3v) is 3.27. The molecule has 2 heteroatoms. The predicted molar refractivity (Wildman–Crippen MR) is 73.2 cm³/mol. The Labute approximate surface area is 105 Å². The summed E-state index contributed by atoms with van der Waals surface area (Å²) in [5, 5.41) is 9.11. The number of benzene rings is 1. The lowest BCUT2D eigenvalue weighted by Crippen LogP contribution is -2.28. The van der Waals surface area contributed by atoms with E-state index in [1.165, 1.54) is 29.5 Å². The van der Waals surface area contributed by atoms with Crippen LogP contribution < -0.4 is 0 Å². The molecule has 0 aliphatic carbocycles. The Morgan fingerprint density at radius 2 is 1.76 bits per heavy atom. The second-order valence-electron chi connectivity index (χ2n) is 4.72. The minimum Gasteiger partial charge on any atom is -0.395 e. The van der Waals surface area contributed by atoms with E-state index in [1.54, 1.807) is 0 Å². The molecule has 1 rings (SSSR count). The molecule has 2 nitrogen and oxygen atoms in total. The molecule has 0 spiro atoms. The number of aliphatic hydroxyl groups excluding tert-OH is 1. The quantitative estimate of drug-likeness (QED) is 0.785. The fourth-order valence-corrected chi connectivity index (χ4v) is 2.12. The molecule has 0 unspecified atom stereocenters. The number of unbranched alkanes of at least 4 members (excludes halogenated alkanes) is 1. The van der Waals surface area contributed by atoms with Gasteiger partial charge < -0.3 is 5.11 Å². The lowest BCUT2D eigenvalue weighted by atomic mass is 10.0. The smallest absolute Gasteiger partial charge is 0.0558 e. The fourth-order valence-electron chi connectivity index (χ4n) is 2.12. The topological polar surface area (TPSA) is 23.5 Å². The summed E-state index contributed by atoms with van der Waals surface area (Å²) in [4.78, 5) is 2.35. The van der Waals surface area contributed by atoms with Crippen LogP contribution in [-0.2, 0) is 6.54 Å². The summed E-state index contributed by atoms with van der Waals surface area (Å²) in [6.07, 6.45) is 2.40. The molecule has 0 aromatic heterocycles. The normalized spacial score (nSPS) is 11.1. The third kappa shape index (κ3) is 4.49. The summed E-state index contributed by atoms with van der Waals surface area (Å²) in [6.45, 7) is 9.58. The van der Waals surface area contributed by atoms with Crippen LogP contribution in [0.1, 0.15) is 36.5 Å². The highest BCUT2D eigenvalue weighted by atomic mass is 16.3. The van der Waals surface area contributed by atoms with Gasteiger partial charge in [-0.3, -0.25) is 4.90 Å². The summed E-state index contributed by atoms with van der Waals surface area (Å²) < 4.78 is 0. The lowest BCUT2D eigenvalue weighted by Gasteiger charge is -2.23. The van der Waals surface area contributed by atoms with Crippen LogP contribution in [0.25, 0.3) is 0 Å². The third-order valence-electron chi connectivity index (χ3n) is 3.27. The molecule has 1 aromatic carbocycles. The van der Waals surface area contributed by atoms with Crippen LogP contribution in [0.15, 0.2) is 18.2 Å². The zero-order valence-electron chi connectivity index (χ0n) is 11.4. The van der Waals surface area contributed by atoms with Gasteiger partial charge in [0.2, 0.25) is 0 Å². The van der Waals surface area contributed by atoms with E-state index in [-0.39, 0.29) is 6.61 Å². The van der Waals surface area contributed by atoms with Crippen LogP contribution in [0.3, 0.4) is 0 Å². The molecule has 0 atom stereocenters. The summed E-state index contributed by atoms with van der Waals surface area (Å²) in [5.74, 6) is 0. The zero-order valence-corrected chi connectivity index (χ0v) is 11.4.